The van der Waals surface area contributed by atoms with E-state index in [1.807, 2.05) is 0 Å². The van der Waals surface area contributed by atoms with Gasteiger partial charge in [-0.25, -0.2) is 4.79 Å². The van der Waals surface area contributed by atoms with E-state index < -0.39 is 5.97 Å². The van der Waals surface area contributed by atoms with Gasteiger partial charge in [-0.3, -0.25) is 19.3 Å². The van der Waals surface area contributed by atoms with E-state index in [0.717, 1.165) is 4.90 Å². The highest BCUT2D eigenvalue weighted by Crippen LogP contribution is 2.13. The molecule has 1 saturated heterocycles. The summed E-state index contributed by atoms with van der Waals surface area (Å²) in [4.78, 5) is 47.4. The number of carbonyl (C=O) groups excluding carboxylic acids is 4. The summed E-state index contributed by atoms with van der Waals surface area (Å²) >= 11 is 0. The molecular formula is C16H18N2O5. The van der Waals surface area contributed by atoms with Gasteiger partial charge in [0.15, 0.2) is 0 Å². The third-order valence-electron chi connectivity index (χ3n) is 3.40. The van der Waals surface area contributed by atoms with Crippen LogP contribution in [0.5, 0.6) is 0 Å². The second kappa shape index (κ2) is 7.53. The van der Waals surface area contributed by atoms with Crippen LogP contribution in [0.1, 0.15) is 36.5 Å². The van der Waals surface area contributed by atoms with Gasteiger partial charge >= 0.3 is 5.97 Å². The number of anilines is 1. The van der Waals surface area contributed by atoms with Gasteiger partial charge in [0.05, 0.1) is 12.2 Å². The zero-order valence-electron chi connectivity index (χ0n) is 12.8. The zero-order chi connectivity index (χ0) is 16.8. The molecule has 7 nitrogen and oxygen atoms in total. The van der Waals surface area contributed by atoms with Crippen molar-refractivity contribution in [3.8, 4) is 0 Å². The lowest BCUT2D eigenvalue weighted by Crippen LogP contribution is -2.32. The highest BCUT2D eigenvalue weighted by Gasteiger charge is 2.28. The standard InChI is InChI=1S/C16H18N2O5/c1-2-23-16(22)11-3-5-12(6-4-11)17-13(19)9-10-18-14(20)7-8-15(18)21/h3-6H,2,7-10H2,1H3,(H,17,19). The van der Waals surface area contributed by atoms with Crippen molar-refractivity contribution in [2.45, 2.75) is 26.2 Å². The Bertz CT molecular complexity index is 608. The van der Waals surface area contributed by atoms with Gasteiger partial charge in [-0.05, 0) is 31.2 Å². The lowest BCUT2D eigenvalue weighted by molar-refractivity contribution is -0.138. The van der Waals surface area contributed by atoms with Crippen molar-refractivity contribution in [2.75, 3.05) is 18.5 Å². The second-order valence-electron chi connectivity index (χ2n) is 5.04. The molecule has 1 heterocycles. The Labute approximate surface area is 133 Å². The first-order chi connectivity index (χ1) is 11.0. The highest BCUT2D eigenvalue weighted by molar-refractivity contribution is 6.02. The van der Waals surface area contributed by atoms with Crippen LogP contribution in [0.4, 0.5) is 5.69 Å². The van der Waals surface area contributed by atoms with Gasteiger partial charge in [0, 0.05) is 31.5 Å². The molecule has 1 fully saturated rings. The minimum absolute atomic E-state index is 0.0388. The quantitative estimate of drug-likeness (QED) is 0.631. The van der Waals surface area contributed by atoms with Crippen LogP contribution in [-0.4, -0.2) is 41.7 Å². The number of likely N-dealkylation sites (tertiary alicyclic amines) is 1. The summed E-state index contributed by atoms with van der Waals surface area (Å²) in [6.07, 6.45) is 0.475. The molecule has 1 aliphatic heterocycles. The summed E-state index contributed by atoms with van der Waals surface area (Å²) in [6, 6.07) is 6.30. The van der Waals surface area contributed by atoms with E-state index in [-0.39, 0.29) is 43.5 Å². The molecular weight excluding hydrogens is 300 g/mol. The van der Waals surface area contributed by atoms with Crippen LogP contribution in [0, 0.1) is 0 Å². The maximum absolute atomic E-state index is 11.9. The minimum Gasteiger partial charge on any atom is -0.462 e. The average Bonchev–Trinajstić information content (AvgIpc) is 2.85. The van der Waals surface area contributed by atoms with Gasteiger partial charge in [-0.1, -0.05) is 0 Å². The maximum atomic E-state index is 11.9. The Kier molecular flexibility index (Phi) is 5.46. The Hall–Kier alpha value is -2.70. The monoisotopic (exact) mass is 318 g/mol. The number of rotatable bonds is 6. The number of ether oxygens (including phenoxy) is 1. The van der Waals surface area contributed by atoms with Gasteiger partial charge in [0.25, 0.3) is 0 Å². The van der Waals surface area contributed by atoms with Crippen LogP contribution < -0.4 is 5.32 Å². The minimum atomic E-state index is -0.420. The van der Waals surface area contributed by atoms with Crippen LogP contribution in [0.15, 0.2) is 24.3 Å². The van der Waals surface area contributed by atoms with Gasteiger partial charge in [-0.15, -0.1) is 0 Å². The molecule has 0 spiro atoms. The van der Waals surface area contributed by atoms with Crippen LogP contribution in [0.25, 0.3) is 0 Å². The lowest BCUT2D eigenvalue weighted by atomic mass is 10.2. The summed E-state index contributed by atoms with van der Waals surface area (Å²) in [5, 5.41) is 2.65. The first kappa shape index (κ1) is 16.7. The molecule has 1 aromatic rings. The summed E-state index contributed by atoms with van der Waals surface area (Å²) in [5.41, 5.74) is 0.931. The molecule has 0 atom stereocenters. The lowest BCUT2D eigenvalue weighted by Gasteiger charge is -2.13. The highest BCUT2D eigenvalue weighted by atomic mass is 16.5. The molecule has 7 heteroatoms. The molecule has 0 unspecified atom stereocenters. The smallest absolute Gasteiger partial charge is 0.338 e. The molecule has 0 radical (unpaired) electrons. The maximum Gasteiger partial charge on any atom is 0.338 e. The van der Waals surface area contributed by atoms with Crippen LogP contribution >= 0.6 is 0 Å². The fraction of sp³-hybridized carbons (Fsp3) is 0.375. The average molecular weight is 318 g/mol. The molecule has 23 heavy (non-hydrogen) atoms. The number of esters is 1. The Balaban J connectivity index is 1.84. The van der Waals surface area contributed by atoms with E-state index in [0.29, 0.717) is 17.9 Å². The van der Waals surface area contributed by atoms with E-state index in [9.17, 15) is 19.2 Å². The molecule has 0 bridgehead atoms. The Morgan fingerprint density at radius 2 is 1.74 bits per heavy atom. The van der Waals surface area contributed by atoms with Gasteiger partial charge < -0.3 is 10.1 Å². The third-order valence-corrected chi connectivity index (χ3v) is 3.40. The molecule has 2 rings (SSSR count). The molecule has 0 aromatic heterocycles. The number of imide groups is 1. The van der Waals surface area contributed by atoms with Crippen LogP contribution in [-0.2, 0) is 19.1 Å². The number of hydrogen-bond acceptors (Lipinski definition) is 5. The molecule has 0 aliphatic carbocycles. The zero-order valence-corrected chi connectivity index (χ0v) is 12.8. The first-order valence-corrected chi connectivity index (χ1v) is 7.41. The SMILES string of the molecule is CCOC(=O)c1ccc(NC(=O)CCN2C(=O)CCC2=O)cc1. The predicted molar refractivity (Wildman–Crippen MR) is 81.6 cm³/mol. The van der Waals surface area contributed by atoms with Crippen LogP contribution in [0.2, 0.25) is 0 Å². The largest absolute Gasteiger partial charge is 0.462 e. The van der Waals surface area contributed by atoms with Gasteiger partial charge in [0.2, 0.25) is 17.7 Å². The summed E-state index contributed by atoms with van der Waals surface area (Å²) in [5.74, 6) is -1.19. The fourth-order valence-electron chi connectivity index (χ4n) is 2.21. The molecule has 122 valence electrons. The Morgan fingerprint density at radius 3 is 2.30 bits per heavy atom. The van der Waals surface area contributed by atoms with E-state index in [2.05, 4.69) is 5.32 Å². The molecule has 1 aliphatic rings. The number of carbonyl (C=O) groups is 4. The fourth-order valence-corrected chi connectivity index (χ4v) is 2.21. The topological polar surface area (TPSA) is 92.8 Å². The van der Waals surface area contributed by atoms with Crippen molar-refractivity contribution < 1.29 is 23.9 Å². The summed E-state index contributed by atoms with van der Waals surface area (Å²) in [6.45, 7) is 2.11. The number of nitrogens with one attached hydrogen (secondary N) is 1. The molecule has 0 saturated carbocycles. The van der Waals surface area contributed by atoms with Crippen molar-refractivity contribution in [1.82, 2.24) is 4.90 Å². The van der Waals surface area contributed by atoms with Gasteiger partial charge in [-0.2, -0.15) is 0 Å². The second-order valence-corrected chi connectivity index (χ2v) is 5.04. The molecule has 1 N–H and O–H groups in total. The molecule has 1 aromatic carbocycles. The van der Waals surface area contributed by atoms with Crippen LogP contribution in [0.3, 0.4) is 0 Å². The van der Waals surface area contributed by atoms with E-state index in [1.54, 1.807) is 31.2 Å². The summed E-state index contributed by atoms with van der Waals surface area (Å²) in [7, 11) is 0. The van der Waals surface area contributed by atoms with Crippen molar-refractivity contribution in [2.24, 2.45) is 0 Å². The summed E-state index contributed by atoms with van der Waals surface area (Å²) < 4.78 is 4.87. The van der Waals surface area contributed by atoms with Crippen molar-refractivity contribution in [3.63, 3.8) is 0 Å². The number of hydrogen-bond donors (Lipinski definition) is 1. The van der Waals surface area contributed by atoms with E-state index in [4.69, 9.17) is 4.74 Å². The normalized spacial score (nSPS) is 14.0. The van der Waals surface area contributed by atoms with Crippen molar-refractivity contribution in [1.29, 1.82) is 0 Å². The number of nitrogens with zero attached hydrogens (tertiary/aromatic N) is 1. The van der Waals surface area contributed by atoms with Crippen molar-refractivity contribution in [3.05, 3.63) is 29.8 Å². The number of benzene rings is 1. The van der Waals surface area contributed by atoms with Crippen molar-refractivity contribution >= 4 is 29.4 Å². The Morgan fingerprint density at radius 1 is 1.13 bits per heavy atom. The predicted octanol–water partition coefficient (Wildman–Crippen LogP) is 1.34. The van der Waals surface area contributed by atoms with E-state index in [1.165, 1.54) is 0 Å². The third kappa shape index (κ3) is 4.38. The first-order valence-electron chi connectivity index (χ1n) is 7.41. The number of amides is 3. The van der Waals surface area contributed by atoms with Gasteiger partial charge in [0.1, 0.15) is 0 Å². The van der Waals surface area contributed by atoms with E-state index >= 15 is 0 Å². The molecule has 3 amide bonds.